The van der Waals surface area contributed by atoms with Crippen LogP contribution in [0.25, 0.3) is 0 Å². The summed E-state index contributed by atoms with van der Waals surface area (Å²) in [5.41, 5.74) is -0.884. The Kier molecular flexibility index (Phi) is 7.18. The van der Waals surface area contributed by atoms with Crippen molar-refractivity contribution in [2.45, 2.75) is 65.1 Å². The zero-order valence-corrected chi connectivity index (χ0v) is 20.6. The Morgan fingerprint density at radius 2 is 1.77 bits per heavy atom. The van der Waals surface area contributed by atoms with E-state index in [1.165, 1.54) is 18.7 Å². The van der Waals surface area contributed by atoms with Gasteiger partial charge in [0.05, 0.1) is 31.8 Å². The lowest BCUT2D eigenvalue weighted by Gasteiger charge is -2.25. The molecular weight excluding hydrogens is 462 g/mol. The first-order valence-electron chi connectivity index (χ1n) is 11.3. The number of anilines is 1. The van der Waals surface area contributed by atoms with Crippen molar-refractivity contribution in [3.05, 3.63) is 46.6 Å². The van der Waals surface area contributed by atoms with Crippen molar-refractivity contribution in [2.24, 2.45) is 0 Å². The van der Waals surface area contributed by atoms with Gasteiger partial charge in [0, 0.05) is 6.42 Å². The fourth-order valence-corrected chi connectivity index (χ4v) is 3.69. The van der Waals surface area contributed by atoms with Crippen LogP contribution >= 0.6 is 0 Å². The summed E-state index contributed by atoms with van der Waals surface area (Å²) in [4.78, 5) is 39.0. The van der Waals surface area contributed by atoms with Crippen LogP contribution in [0.5, 0.6) is 0 Å². The molecule has 0 unspecified atom stereocenters. The normalized spacial score (nSPS) is 14.3. The van der Waals surface area contributed by atoms with E-state index in [-0.39, 0.29) is 24.5 Å². The number of carbonyl (C=O) groups is 3. The first-order valence-corrected chi connectivity index (χ1v) is 11.3. The quantitative estimate of drug-likeness (QED) is 0.599. The molecule has 1 atom stereocenters. The smallest absolute Gasteiger partial charge is 0.416 e. The number of methoxy groups -OCH3 is 1. The Labute approximate surface area is 202 Å². The van der Waals surface area contributed by atoms with Crippen molar-refractivity contribution in [3.63, 3.8) is 0 Å². The summed E-state index contributed by atoms with van der Waals surface area (Å²) >= 11 is 0. The molecule has 11 heteroatoms. The highest BCUT2D eigenvalue weighted by molar-refractivity contribution is 6.04. The summed E-state index contributed by atoms with van der Waals surface area (Å²) < 4.78 is 41.0. The van der Waals surface area contributed by atoms with Crippen molar-refractivity contribution in [3.8, 4) is 0 Å². The minimum absolute atomic E-state index is 0.0203. The summed E-state index contributed by atoms with van der Waals surface area (Å²) in [5, 5.41) is 6.72. The number of esters is 1. The second-order valence-corrected chi connectivity index (χ2v) is 9.27. The molecule has 1 N–H and O–H groups in total. The Hall–Kier alpha value is -3.50. The third kappa shape index (κ3) is 5.44. The van der Waals surface area contributed by atoms with Gasteiger partial charge in [-0.1, -0.05) is 19.1 Å². The molecule has 0 saturated carbocycles. The molecule has 1 aliphatic heterocycles. The van der Waals surface area contributed by atoms with Crippen LogP contribution < -0.4 is 10.2 Å². The standard InChI is InChI=1S/C24H30F2N4O5/c1-7-24(25,26)18-17(20-29(12-13-30(20)28-18)22(33)35-23(3,4)5)19(31)27-14(2)15-8-10-16(11-9-15)21(32)34-6/h8-11,14H,7,12-13H2,1-6H3,(H,27,31)/t14-/m0/s1. The summed E-state index contributed by atoms with van der Waals surface area (Å²) in [6.07, 6.45) is -1.32. The number of fused-ring (bicyclic) bond motifs is 1. The van der Waals surface area contributed by atoms with Gasteiger partial charge in [-0.05, 0) is 45.4 Å². The summed E-state index contributed by atoms with van der Waals surface area (Å²) in [7, 11) is 1.27. The number of hydrogen-bond donors (Lipinski definition) is 1. The van der Waals surface area contributed by atoms with E-state index in [1.807, 2.05) is 0 Å². The van der Waals surface area contributed by atoms with E-state index in [4.69, 9.17) is 4.74 Å². The van der Waals surface area contributed by atoms with Crippen LogP contribution in [-0.2, 0) is 21.9 Å². The van der Waals surface area contributed by atoms with Gasteiger partial charge in [0.15, 0.2) is 0 Å². The molecule has 2 heterocycles. The maximum absolute atomic E-state index is 14.8. The fourth-order valence-electron chi connectivity index (χ4n) is 3.69. The summed E-state index contributed by atoms with van der Waals surface area (Å²) in [6.45, 7) is 8.34. The van der Waals surface area contributed by atoms with Crippen LogP contribution in [0.3, 0.4) is 0 Å². The van der Waals surface area contributed by atoms with Gasteiger partial charge in [-0.2, -0.15) is 13.9 Å². The Morgan fingerprint density at radius 3 is 2.31 bits per heavy atom. The molecule has 9 nitrogen and oxygen atoms in total. The molecule has 1 aromatic heterocycles. The Morgan fingerprint density at radius 1 is 1.14 bits per heavy atom. The van der Waals surface area contributed by atoms with E-state index in [2.05, 4.69) is 15.2 Å². The molecule has 35 heavy (non-hydrogen) atoms. The number of nitrogens with one attached hydrogen (secondary N) is 1. The molecule has 2 amide bonds. The van der Waals surface area contributed by atoms with Crippen LogP contribution in [-0.4, -0.2) is 47.0 Å². The van der Waals surface area contributed by atoms with E-state index in [1.54, 1.807) is 52.0 Å². The number of carbonyl (C=O) groups excluding carboxylic acids is 3. The third-order valence-electron chi connectivity index (χ3n) is 5.53. The van der Waals surface area contributed by atoms with Gasteiger partial charge in [0.1, 0.15) is 22.7 Å². The van der Waals surface area contributed by atoms with Gasteiger partial charge in [-0.3, -0.25) is 9.69 Å². The Balaban J connectivity index is 1.96. The molecule has 0 saturated heterocycles. The first-order chi connectivity index (χ1) is 16.3. The molecule has 0 bridgehead atoms. The molecule has 3 rings (SSSR count). The molecule has 0 radical (unpaired) electrons. The highest BCUT2D eigenvalue weighted by Gasteiger charge is 2.44. The summed E-state index contributed by atoms with van der Waals surface area (Å²) in [6, 6.07) is 5.76. The topological polar surface area (TPSA) is 103 Å². The average molecular weight is 493 g/mol. The average Bonchev–Trinajstić information content (AvgIpc) is 3.37. The van der Waals surface area contributed by atoms with Crippen LogP contribution in [0.15, 0.2) is 24.3 Å². The molecular formula is C24H30F2N4O5. The lowest BCUT2D eigenvalue weighted by atomic mass is 10.0. The molecule has 0 fully saturated rings. The lowest BCUT2D eigenvalue weighted by Crippen LogP contribution is -2.37. The first kappa shape index (κ1) is 26.1. The minimum Gasteiger partial charge on any atom is -0.465 e. The monoisotopic (exact) mass is 492 g/mol. The number of nitrogens with zero attached hydrogens (tertiary/aromatic N) is 3. The maximum atomic E-state index is 14.8. The van der Waals surface area contributed by atoms with Crippen molar-refractivity contribution in [1.29, 1.82) is 0 Å². The second kappa shape index (κ2) is 9.63. The molecule has 2 aromatic rings. The van der Waals surface area contributed by atoms with Gasteiger partial charge < -0.3 is 14.8 Å². The zero-order chi connectivity index (χ0) is 26.1. The minimum atomic E-state index is -3.38. The molecule has 0 spiro atoms. The number of aromatic nitrogens is 2. The number of rotatable bonds is 6. The van der Waals surface area contributed by atoms with Crippen molar-refractivity contribution >= 4 is 23.8 Å². The van der Waals surface area contributed by atoms with Gasteiger partial charge >= 0.3 is 12.1 Å². The van der Waals surface area contributed by atoms with E-state index in [0.717, 1.165) is 4.90 Å². The lowest BCUT2D eigenvalue weighted by molar-refractivity contribution is -0.0142. The second-order valence-electron chi connectivity index (χ2n) is 9.27. The molecule has 190 valence electrons. The molecule has 0 aliphatic carbocycles. The van der Waals surface area contributed by atoms with E-state index >= 15 is 0 Å². The number of halogens is 2. The maximum Gasteiger partial charge on any atom is 0.416 e. The van der Waals surface area contributed by atoms with Gasteiger partial charge in [-0.15, -0.1) is 0 Å². The number of benzene rings is 1. The number of hydrogen-bond acceptors (Lipinski definition) is 6. The highest BCUT2D eigenvalue weighted by Crippen LogP contribution is 2.39. The van der Waals surface area contributed by atoms with Crippen molar-refractivity contribution in [1.82, 2.24) is 15.1 Å². The van der Waals surface area contributed by atoms with E-state index in [9.17, 15) is 23.2 Å². The van der Waals surface area contributed by atoms with E-state index < -0.39 is 47.6 Å². The number of ether oxygens (including phenoxy) is 2. The number of alkyl halides is 2. The highest BCUT2D eigenvalue weighted by atomic mass is 19.3. The van der Waals surface area contributed by atoms with Crippen LogP contribution in [0.1, 0.15) is 79.1 Å². The molecule has 1 aromatic carbocycles. The fraction of sp³-hybridized carbons (Fsp3) is 0.500. The predicted molar refractivity (Wildman–Crippen MR) is 124 cm³/mol. The van der Waals surface area contributed by atoms with Crippen molar-refractivity contribution in [2.75, 3.05) is 18.6 Å². The summed E-state index contributed by atoms with van der Waals surface area (Å²) in [5.74, 6) is -4.70. The number of amides is 2. The van der Waals surface area contributed by atoms with Crippen LogP contribution in [0.4, 0.5) is 19.4 Å². The largest absolute Gasteiger partial charge is 0.465 e. The SMILES string of the molecule is CCC(F)(F)c1nn2c(c1C(=O)N[C@@H](C)c1ccc(C(=O)OC)cc1)N(C(=O)OC(C)(C)C)CC2. The van der Waals surface area contributed by atoms with Gasteiger partial charge in [-0.25, -0.2) is 14.3 Å². The predicted octanol–water partition coefficient (Wildman–Crippen LogP) is 4.42. The van der Waals surface area contributed by atoms with Gasteiger partial charge in [0.2, 0.25) is 0 Å². The molecule has 1 aliphatic rings. The zero-order valence-electron chi connectivity index (χ0n) is 20.6. The van der Waals surface area contributed by atoms with Crippen molar-refractivity contribution < 1.29 is 32.6 Å². The van der Waals surface area contributed by atoms with E-state index in [0.29, 0.717) is 11.1 Å². The Bertz CT molecular complexity index is 1120. The van der Waals surface area contributed by atoms with Crippen LogP contribution in [0.2, 0.25) is 0 Å². The third-order valence-corrected chi connectivity index (χ3v) is 5.53. The van der Waals surface area contributed by atoms with Gasteiger partial charge in [0.25, 0.3) is 11.8 Å². The van der Waals surface area contributed by atoms with Crippen LogP contribution in [0, 0.1) is 0 Å².